The van der Waals surface area contributed by atoms with Crippen LogP contribution in [0.3, 0.4) is 0 Å². The topological polar surface area (TPSA) is 7.76 Å². The van der Waals surface area contributed by atoms with E-state index < -0.39 is 0 Å². The molecule has 0 amide bonds. The van der Waals surface area contributed by atoms with E-state index in [-0.39, 0.29) is 0 Å². The van der Waals surface area contributed by atoms with Crippen molar-refractivity contribution < 1.29 is 9.13 Å². The van der Waals surface area contributed by atoms with Crippen molar-refractivity contribution in [3.63, 3.8) is 0 Å². The van der Waals surface area contributed by atoms with Crippen LogP contribution in [0.2, 0.25) is 0 Å². The van der Waals surface area contributed by atoms with Crippen LogP contribution < -0.4 is 9.13 Å². The summed E-state index contributed by atoms with van der Waals surface area (Å²) in [6, 6.07) is 29.5. The number of pyridine rings is 2. The van der Waals surface area contributed by atoms with E-state index in [1.807, 2.05) is 12.1 Å². The minimum Gasteiger partial charge on any atom is -0.205 e. The standard InChI is InChI=1S/C30H30N2/c1-3-9-27(10-4-1)13-15-29-17-23-31(24-18-29)21-7-8-22-32-25-19-30(20-26-32)16-14-28-11-5-2-6-12-28/h1-6,9-20,23-26H,7-8,21-22H2/q+2/b15-13+,16-14+. The van der Waals surface area contributed by atoms with E-state index in [1.54, 1.807) is 0 Å². The van der Waals surface area contributed by atoms with Crippen molar-refractivity contribution in [1.82, 2.24) is 0 Å². The molecule has 0 fully saturated rings. The van der Waals surface area contributed by atoms with Gasteiger partial charge in [0.05, 0.1) is 0 Å². The highest BCUT2D eigenvalue weighted by atomic mass is 14.9. The second-order valence-electron chi connectivity index (χ2n) is 7.93. The first-order valence-corrected chi connectivity index (χ1v) is 11.3. The first-order valence-electron chi connectivity index (χ1n) is 11.3. The van der Waals surface area contributed by atoms with Crippen LogP contribution in [0.25, 0.3) is 24.3 Å². The lowest BCUT2D eigenvalue weighted by Gasteiger charge is -1.99. The molecule has 2 nitrogen and oxygen atoms in total. The highest BCUT2D eigenvalue weighted by molar-refractivity contribution is 5.69. The molecule has 2 heterocycles. The smallest absolute Gasteiger partial charge is 0.169 e. The Labute approximate surface area is 191 Å². The molecule has 0 saturated heterocycles. The molecular formula is C30H30N2+2. The van der Waals surface area contributed by atoms with Crippen molar-refractivity contribution >= 4 is 24.3 Å². The Balaban J connectivity index is 1.19. The van der Waals surface area contributed by atoms with E-state index in [0.29, 0.717) is 0 Å². The molecule has 0 spiro atoms. The predicted octanol–water partition coefficient (Wildman–Crippen LogP) is 6.08. The molecule has 2 aromatic heterocycles. The van der Waals surface area contributed by atoms with Crippen LogP contribution in [0.1, 0.15) is 35.1 Å². The fourth-order valence-electron chi connectivity index (χ4n) is 3.56. The number of rotatable bonds is 9. The Hall–Kier alpha value is -3.78. The van der Waals surface area contributed by atoms with Gasteiger partial charge < -0.3 is 0 Å². The molecule has 4 aromatic rings. The molecule has 0 radical (unpaired) electrons. The van der Waals surface area contributed by atoms with Crippen LogP contribution in [-0.4, -0.2) is 0 Å². The summed E-state index contributed by atoms with van der Waals surface area (Å²) in [6.45, 7) is 2.09. The number of unbranched alkanes of at least 4 members (excludes halogenated alkanes) is 1. The lowest BCUT2D eigenvalue weighted by molar-refractivity contribution is -0.708. The van der Waals surface area contributed by atoms with E-state index in [4.69, 9.17) is 0 Å². The summed E-state index contributed by atoms with van der Waals surface area (Å²) in [7, 11) is 0. The van der Waals surface area contributed by atoms with Crippen molar-refractivity contribution in [1.29, 1.82) is 0 Å². The molecule has 0 atom stereocenters. The van der Waals surface area contributed by atoms with E-state index in [2.05, 4.69) is 131 Å². The summed E-state index contributed by atoms with van der Waals surface area (Å²) in [5, 5.41) is 0. The van der Waals surface area contributed by atoms with Gasteiger partial charge in [-0.3, -0.25) is 0 Å². The molecule has 32 heavy (non-hydrogen) atoms. The maximum Gasteiger partial charge on any atom is 0.169 e. The number of hydrogen-bond acceptors (Lipinski definition) is 0. The summed E-state index contributed by atoms with van der Waals surface area (Å²) in [5.74, 6) is 0. The fourth-order valence-corrected chi connectivity index (χ4v) is 3.56. The van der Waals surface area contributed by atoms with Crippen molar-refractivity contribution in [2.75, 3.05) is 0 Å². The van der Waals surface area contributed by atoms with Crippen LogP contribution in [0.5, 0.6) is 0 Å². The van der Waals surface area contributed by atoms with E-state index in [1.165, 1.54) is 22.3 Å². The first kappa shape index (κ1) is 21.5. The fraction of sp³-hybridized carbons (Fsp3) is 0.133. The highest BCUT2D eigenvalue weighted by Gasteiger charge is 2.03. The molecule has 0 N–H and O–H groups in total. The average molecular weight is 419 g/mol. The Morgan fingerprint density at radius 1 is 0.406 bits per heavy atom. The highest BCUT2D eigenvalue weighted by Crippen LogP contribution is 2.07. The van der Waals surface area contributed by atoms with Gasteiger partial charge in [-0.05, 0) is 22.3 Å². The zero-order valence-electron chi connectivity index (χ0n) is 18.4. The molecule has 4 rings (SSSR count). The number of nitrogens with zero attached hydrogens (tertiary/aromatic N) is 2. The largest absolute Gasteiger partial charge is 0.205 e. The SMILES string of the molecule is C(=C\c1cc[n+](CCCC[n+]2ccc(/C=C/c3ccccc3)cc2)cc1)/c1ccccc1. The van der Waals surface area contributed by atoms with Crippen LogP contribution in [0.15, 0.2) is 110 Å². The predicted molar refractivity (Wildman–Crippen MR) is 133 cm³/mol. The van der Waals surface area contributed by atoms with Gasteiger partial charge in [0.2, 0.25) is 0 Å². The van der Waals surface area contributed by atoms with Gasteiger partial charge in [-0.25, -0.2) is 9.13 Å². The molecule has 0 saturated carbocycles. The van der Waals surface area contributed by atoms with Gasteiger partial charge in [0.25, 0.3) is 0 Å². The first-order chi connectivity index (χ1) is 15.8. The quantitative estimate of drug-likeness (QED) is 0.230. The third kappa shape index (κ3) is 6.88. The summed E-state index contributed by atoms with van der Waals surface area (Å²) < 4.78 is 4.53. The Morgan fingerprint density at radius 3 is 1.06 bits per heavy atom. The molecule has 158 valence electrons. The second-order valence-corrected chi connectivity index (χ2v) is 7.93. The molecule has 0 aliphatic rings. The summed E-state index contributed by atoms with van der Waals surface area (Å²) in [6.07, 6.45) is 19.6. The van der Waals surface area contributed by atoms with Crippen LogP contribution in [-0.2, 0) is 13.1 Å². The lowest BCUT2D eigenvalue weighted by Crippen LogP contribution is -2.35. The van der Waals surface area contributed by atoms with Gasteiger partial charge in [0.1, 0.15) is 13.1 Å². The van der Waals surface area contributed by atoms with Gasteiger partial charge in [-0.15, -0.1) is 0 Å². The van der Waals surface area contributed by atoms with E-state index >= 15 is 0 Å². The maximum absolute atomic E-state index is 2.27. The Bertz CT molecular complexity index is 1030. The molecular weight excluding hydrogens is 388 g/mol. The third-order valence-electron chi connectivity index (χ3n) is 5.45. The van der Waals surface area contributed by atoms with Gasteiger partial charge >= 0.3 is 0 Å². The van der Waals surface area contributed by atoms with Gasteiger partial charge in [-0.2, -0.15) is 0 Å². The average Bonchev–Trinajstić information content (AvgIpc) is 2.87. The van der Waals surface area contributed by atoms with E-state index in [9.17, 15) is 0 Å². The molecule has 0 aliphatic heterocycles. The zero-order chi connectivity index (χ0) is 21.8. The molecule has 0 unspecified atom stereocenters. The van der Waals surface area contributed by atoms with Crippen molar-refractivity contribution in [3.05, 3.63) is 132 Å². The maximum atomic E-state index is 2.27. The van der Waals surface area contributed by atoms with Crippen LogP contribution in [0.4, 0.5) is 0 Å². The van der Waals surface area contributed by atoms with Crippen molar-refractivity contribution in [3.8, 4) is 0 Å². The normalized spacial score (nSPS) is 11.4. The Morgan fingerprint density at radius 2 is 0.719 bits per heavy atom. The molecule has 2 aromatic carbocycles. The molecule has 0 aliphatic carbocycles. The summed E-state index contributed by atoms with van der Waals surface area (Å²) in [5.41, 5.74) is 4.90. The van der Waals surface area contributed by atoms with Crippen LogP contribution >= 0.6 is 0 Å². The molecule has 2 heteroatoms. The molecule has 0 bridgehead atoms. The van der Waals surface area contributed by atoms with Crippen LogP contribution in [0, 0.1) is 0 Å². The van der Waals surface area contributed by atoms with E-state index in [0.717, 1.165) is 25.9 Å². The van der Waals surface area contributed by atoms with Crippen molar-refractivity contribution in [2.45, 2.75) is 25.9 Å². The summed E-state index contributed by atoms with van der Waals surface area (Å²) in [4.78, 5) is 0. The van der Waals surface area contributed by atoms with Gasteiger partial charge in [-0.1, -0.05) is 85.0 Å². The third-order valence-corrected chi connectivity index (χ3v) is 5.45. The number of benzene rings is 2. The lowest BCUT2D eigenvalue weighted by atomic mass is 10.1. The zero-order valence-corrected chi connectivity index (χ0v) is 18.4. The van der Waals surface area contributed by atoms with Gasteiger partial charge in [0, 0.05) is 37.1 Å². The number of aryl methyl sites for hydroxylation is 2. The summed E-state index contributed by atoms with van der Waals surface area (Å²) >= 11 is 0. The van der Waals surface area contributed by atoms with Crippen molar-refractivity contribution in [2.24, 2.45) is 0 Å². The monoisotopic (exact) mass is 418 g/mol. The minimum atomic E-state index is 1.04. The number of aromatic nitrogens is 2. The second kappa shape index (κ2) is 11.6. The Kier molecular flexibility index (Phi) is 7.76. The number of hydrogen-bond donors (Lipinski definition) is 0. The van der Waals surface area contributed by atoms with Gasteiger partial charge in [0.15, 0.2) is 24.8 Å². The minimum absolute atomic E-state index is 1.04.